The van der Waals surface area contributed by atoms with E-state index < -0.39 is 0 Å². The van der Waals surface area contributed by atoms with Crippen LogP contribution < -0.4 is 5.73 Å². The molecule has 0 spiro atoms. The molecule has 0 fully saturated rings. The average Bonchev–Trinajstić information content (AvgIpc) is 1.58. The Labute approximate surface area is 83.8 Å². The zero-order valence-corrected chi connectivity index (χ0v) is 10.0. The zero-order valence-electron chi connectivity index (χ0n) is 7.50. The van der Waals surface area contributed by atoms with Crippen LogP contribution in [0.3, 0.4) is 0 Å². The standard InChI is InChI=1S/C7H16N2S.BrH/c1-5(2)9-7(8)10-6(3)4;/h5-6H,1-4H3,(H2,8,9);1H. The Bertz CT molecular complexity index is 124. The van der Waals surface area contributed by atoms with E-state index in [1.807, 2.05) is 13.8 Å². The second-order valence-corrected chi connectivity index (χ2v) is 4.32. The van der Waals surface area contributed by atoms with Crippen molar-refractivity contribution in [1.29, 1.82) is 0 Å². The molecular formula is C7H17BrN2S. The van der Waals surface area contributed by atoms with Gasteiger partial charge in [-0.25, -0.2) is 0 Å². The summed E-state index contributed by atoms with van der Waals surface area (Å²) >= 11 is 1.61. The highest BCUT2D eigenvalue weighted by Crippen LogP contribution is 2.08. The smallest absolute Gasteiger partial charge is 0.154 e. The molecule has 4 heteroatoms. The van der Waals surface area contributed by atoms with E-state index >= 15 is 0 Å². The summed E-state index contributed by atoms with van der Waals surface area (Å²) in [6, 6.07) is 0.311. The molecule has 0 heterocycles. The number of hydrogen-bond acceptors (Lipinski definition) is 2. The van der Waals surface area contributed by atoms with Crippen LogP contribution in [0.25, 0.3) is 0 Å². The number of nitrogens with zero attached hydrogens (tertiary/aromatic N) is 1. The fourth-order valence-electron chi connectivity index (χ4n) is 0.526. The molecule has 0 unspecified atom stereocenters. The second kappa shape index (κ2) is 6.98. The summed E-state index contributed by atoms with van der Waals surface area (Å²) in [4.78, 5) is 4.17. The molecule has 0 aromatic carbocycles. The SMILES string of the molecule is Br.CC(C)N=C(N)SC(C)C. The van der Waals surface area contributed by atoms with E-state index in [1.165, 1.54) is 0 Å². The molecule has 2 N–H and O–H groups in total. The molecule has 0 rings (SSSR count). The number of hydrogen-bond donors (Lipinski definition) is 1. The molecule has 0 atom stereocenters. The van der Waals surface area contributed by atoms with E-state index in [9.17, 15) is 0 Å². The van der Waals surface area contributed by atoms with Crippen molar-refractivity contribution in [1.82, 2.24) is 0 Å². The third-order valence-corrected chi connectivity index (χ3v) is 1.56. The minimum atomic E-state index is 0. The summed E-state index contributed by atoms with van der Waals surface area (Å²) in [5.41, 5.74) is 5.59. The van der Waals surface area contributed by atoms with Gasteiger partial charge in [-0.3, -0.25) is 4.99 Å². The molecule has 11 heavy (non-hydrogen) atoms. The van der Waals surface area contributed by atoms with Crippen molar-refractivity contribution in [3.8, 4) is 0 Å². The van der Waals surface area contributed by atoms with Gasteiger partial charge in [0.25, 0.3) is 0 Å². The summed E-state index contributed by atoms with van der Waals surface area (Å²) in [5, 5.41) is 1.23. The van der Waals surface area contributed by atoms with E-state index in [0.29, 0.717) is 16.5 Å². The Kier molecular flexibility index (Phi) is 8.79. The maximum atomic E-state index is 5.59. The molecule has 0 saturated heterocycles. The average molecular weight is 241 g/mol. The van der Waals surface area contributed by atoms with E-state index in [2.05, 4.69) is 18.8 Å². The van der Waals surface area contributed by atoms with Crippen LogP contribution in [0.2, 0.25) is 0 Å². The van der Waals surface area contributed by atoms with Crippen LogP contribution in [0.1, 0.15) is 27.7 Å². The number of nitrogens with two attached hydrogens (primary N) is 1. The van der Waals surface area contributed by atoms with Gasteiger partial charge in [0.05, 0.1) is 0 Å². The normalized spacial score (nSPS) is 12.0. The van der Waals surface area contributed by atoms with Crippen LogP contribution in [-0.4, -0.2) is 16.5 Å². The van der Waals surface area contributed by atoms with Gasteiger partial charge >= 0.3 is 0 Å². The quantitative estimate of drug-likeness (QED) is 0.595. The molecule has 2 nitrogen and oxygen atoms in total. The fourth-order valence-corrected chi connectivity index (χ4v) is 1.28. The predicted octanol–water partition coefficient (Wildman–Crippen LogP) is 2.43. The number of rotatable bonds is 2. The summed E-state index contributed by atoms with van der Waals surface area (Å²) < 4.78 is 0. The molecule has 0 radical (unpaired) electrons. The molecule has 0 saturated carbocycles. The summed E-state index contributed by atoms with van der Waals surface area (Å²) in [5.74, 6) is 0. The Balaban J connectivity index is 0. The molecular weight excluding hydrogens is 224 g/mol. The number of amidine groups is 1. The van der Waals surface area contributed by atoms with Crippen LogP contribution in [0, 0.1) is 0 Å². The molecule has 0 bridgehead atoms. The van der Waals surface area contributed by atoms with Gasteiger partial charge in [-0.05, 0) is 13.8 Å². The lowest BCUT2D eigenvalue weighted by Gasteiger charge is -2.04. The van der Waals surface area contributed by atoms with Crippen LogP contribution in [0.4, 0.5) is 0 Å². The van der Waals surface area contributed by atoms with Crippen molar-refractivity contribution in [2.75, 3.05) is 0 Å². The molecule has 0 aliphatic heterocycles. The Hall–Kier alpha value is 0.300. The largest absolute Gasteiger partial charge is 0.379 e. The zero-order chi connectivity index (χ0) is 8.15. The van der Waals surface area contributed by atoms with Gasteiger partial charge in [-0.15, -0.1) is 17.0 Å². The highest BCUT2D eigenvalue weighted by molar-refractivity contribution is 8.93. The monoisotopic (exact) mass is 240 g/mol. The lowest BCUT2D eigenvalue weighted by atomic mass is 10.4. The van der Waals surface area contributed by atoms with Crippen molar-refractivity contribution >= 4 is 33.9 Å². The molecule has 0 aromatic heterocycles. The first kappa shape index (κ1) is 13.9. The van der Waals surface area contributed by atoms with Crippen LogP contribution >= 0.6 is 28.7 Å². The van der Waals surface area contributed by atoms with E-state index in [0.717, 1.165) is 0 Å². The number of aliphatic imine (C=N–C) groups is 1. The van der Waals surface area contributed by atoms with Crippen LogP contribution in [0.5, 0.6) is 0 Å². The minimum Gasteiger partial charge on any atom is -0.379 e. The van der Waals surface area contributed by atoms with Gasteiger partial charge in [-0.1, -0.05) is 25.6 Å². The molecule has 0 aromatic rings. The van der Waals surface area contributed by atoms with Crippen molar-refractivity contribution in [2.45, 2.75) is 39.0 Å². The van der Waals surface area contributed by atoms with Crippen molar-refractivity contribution in [3.63, 3.8) is 0 Å². The first-order chi connectivity index (χ1) is 4.52. The molecule has 68 valence electrons. The van der Waals surface area contributed by atoms with Crippen molar-refractivity contribution in [3.05, 3.63) is 0 Å². The highest BCUT2D eigenvalue weighted by atomic mass is 79.9. The molecule has 0 amide bonds. The minimum absolute atomic E-state index is 0. The topological polar surface area (TPSA) is 38.4 Å². The lowest BCUT2D eigenvalue weighted by molar-refractivity contribution is 0.837. The first-order valence-corrected chi connectivity index (χ1v) is 4.40. The van der Waals surface area contributed by atoms with E-state index in [-0.39, 0.29) is 17.0 Å². The Morgan fingerprint density at radius 1 is 1.27 bits per heavy atom. The third kappa shape index (κ3) is 10.3. The van der Waals surface area contributed by atoms with E-state index in [4.69, 9.17) is 5.73 Å². The van der Waals surface area contributed by atoms with E-state index in [1.54, 1.807) is 11.8 Å². The van der Waals surface area contributed by atoms with Crippen molar-refractivity contribution in [2.24, 2.45) is 10.7 Å². The van der Waals surface area contributed by atoms with Gasteiger partial charge in [0.15, 0.2) is 5.17 Å². The summed E-state index contributed by atoms with van der Waals surface area (Å²) in [6.07, 6.45) is 0. The molecule has 0 aliphatic rings. The Morgan fingerprint density at radius 3 is 2.00 bits per heavy atom. The summed E-state index contributed by atoms with van der Waals surface area (Å²) in [7, 11) is 0. The lowest BCUT2D eigenvalue weighted by Crippen LogP contribution is -2.12. The maximum Gasteiger partial charge on any atom is 0.154 e. The highest BCUT2D eigenvalue weighted by Gasteiger charge is 1.98. The Morgan fingerprint density at radius 2 is 1.73 bits per heavy atom. The van der Waals surface area contributed by atoms with Gasteiger partial charge in [0, 0.05) is 11.3 Å². The van der Waals surface area contributed by atoms with Gasteiger partial charge in [-0.2, -0.15) is 0 Å². The van der Waals surface area contributed by atoms with Crippen LogP contribution in [0.15, 0.2) is 4.99 Å². The van der Waals surface area contributed by atoms with Crippen LogP contribution in [-0.2, 0) is 0 Å². The van der Waals surface area contributed by atoms with Gasteiger partial charge in [0.1, 0.15) is 0 Å². The second-order valence-electron chi connectivity index (χ2n) is 2.73. The van der Waals surface area contributed by atoms with Gasteiger partial charge < -0.3 is 5.73 Å². The predicted molar refractivity (Wildman–Crippen MR) is 59.8 cm³/mol. The summed E-state index contributed by atoms with van der Waals surface area (Å²) in [6.45, 7) is 8.25. The number of halogens is 1. The first-order valence-electron chi connectivity index (χ1n) is 3.52. The van der Waals surface area contributed by atoms with Gasteiger partial charge in [0.2, 0.25) is 0 Å². The maximum absolute atomic E-state index is 5.59. The third-order valence-electron chi connectivity index (χ3n) is 0.742. The number of thioether (sulfide) groups is 1. The van der Waals surface area contributed by atoms with Crippen molar-refractivity contribution < 1.29 is 0 Å². The molecule has 0 aliphatic carbocycles. The fraction of sp³-hybridized carbons (Fsp3) is 0.857.